The normalized spacial score (nSPS) is 22.3. The first-order valence-electron chi connectivity index (χ1n) is 6.77. The van der Waals surface area contributed by atoms with Gasteiger partial charge in [-0.25, -0.2) is 8.78 Å². The van der Waals surface area contributed by atoms with Crippen molar-refractivity contribution >= 4 is 0 Å². The van der Waals surface area contributed by atoms with E-state index in [9.17, 15) is 8.78 Å². The SMILES string of the molecule is CNC(c1cc(C)c(F)cc1F)C1C(C)(C)C1(C)C. The summed E-state index contributed by atoms with van der Waals surface area (Å²) in [5.74, 6) is -0.601. The molecule has 0 amide bonds. The highest BCUT2D eigenvalue weighted by molar-refractivity contribution is 5.32. The van der Waals surface area contributed by atoms with Gasteiger partial charge in [-0.05, 0) is 42.3 Å². The third kappa shape index (κ3) is 1.99. The monoisotopic (exact) mass is 267 g/mol. The summed E-state index contributed by atoms with van der Waals surface area (Å²) in [5, 5.41) is 3.22. The summed E-state index contributed by atoms with van der Waals surface area (Å²) in [6.07, 6.45) is 0. The topological polar surface area (TPSA) is 12.0 Å². The largest absolute Gasteiger partial charge is 0.313 e. The quantitative estimate of drug-likeness (QED) is 0.864. The smallest absolute Gasteiger partial charge is 0.130 e. The second-order valence-corrected chi connectivity index (χ2v) is 6.81. The molecule has 1 fully saturated rings. The molecule has 1 unspecified atom stereocenters. The van der Waals surface area contributed by atoms with Gasteiger partial charge in [0.05, 0.1) is 0 Å². The highest BCUT2D eigenvalue weighted by Gasteiger charge is 2.67. The lowest BCUT2D eigenvalue weighted by Crippen LogP contribution is -2.23. The molecule has 1 nitrogen and oxygen atoms in total. The van der Waals surface area contributed by atoms with Gasteiger partial charge in [0.15, 0.2) is 0 Å². The molecule has 0 aromatic heterocycles. The average Bonchev–Trinajstić information content (AvgIpc) is 2.69. The van der Waals surface area contributed by atoms with E-state index in [1.165, 1.54) is 0 Å². The highest BCUT2D eigenvalue weighted by Crippen LogP contribution is 2.72. The number of hydrogen-bond acceptors (Lipinski definition) is 1. The summed E-state index contributed by atoms with van der Waals surface area (Å²) < 4.78 is 27.5. The van der Waals surface area contributed by atoms with E-state index in [0.717, 1.165) is 6.07 Å². The van der Waals surface area contributed by atoms with E-state index in [1.54, 1.807) is 13.0 Å². The molecule has 3 heteroatoms. The highest BCUT2D eigenvalue weighted by atomic mass is 19.1. The summed E-state index contributed by atoms with van der Waals surface area (Å²) in [6.45, 7) is 10.5. The molecule has 0 bridgehead atoms. The van der Waals surface area contributed by atoms with Crippen LogP contribution in [-0.4, -0.2) is 7.05 Å². The molecule has 1 atom stereocenters. The van der Waals surface area contributed by atoms with Gasteiger partial charge in [-0.15, -0.1) is 0 Å². The van der Waals surface area contributed by atoms with Crippen molar-refractivity contribution < 1.29 is 8.78 Å². The average molecular weight is 267 g/mol. The van der Waals surface area contributed by atoms with Crippen LogP contribution in [-0.2, 0) is 0 Å². The predicted molar refractivity (Wildman–Crippen MR) is 73.9 cm³/mol. The molecule has 0 spiro atoms. The van der Waals surface area contributed by atoms with Crippen LogP contribution in [0.2, 0.25) is 0 Å². The lowest BCUT2D eigenvalue weighted by molar-refractivity contribution is 0.418. The Morgan fingerprint density at radius 3 is 2.00 bits per heavy atom. The second-order valence-electron chi connectivity index (χ2n) is 6.81. The molecule has 1 aliphatic carbocycles. The number of benzene rings is 1. The zero-order valence-corrected chi connectivity index (χ0v) is 12.6. The summed E-state index contributed by atoms with van der Waals surface area (Å²) in [5.41, 5.74) is 1.36. The third-order valence-corrected chi connectivity index (χ3v) is 5.39. The first-order chi connectivity index (χ1) is 8.64. The maximum Gasteiger partial charge on any atom is 0.130 e. The molecule has 0 radical (unpaired) electrons. The molecule has 0 aliphatic heterocycles. The number of aryl methyl sites for hydroxylation is 1. The Balaban J connectivity index is 2.43. The lowest BCUT2D eigenvalue weighted by Gasteiger charge is -2.20. The van der Waals surface area contributed by atoms with Crippen LogP contribution in [0.3, 0.4) is 0 Å². The summed E-state index contributed by atoms with van der Waals surface area (Å²) >= 11 is 0. The third-order valence-electron chi connectivity index (χ3n) is 5.39. The zero-order chi connectivity index (χ0) is 14.6. The molecule has 1 aliphatic rings. The van der Waals surface area contributed by atoms with Crippen LogP contribution in [0.5, 0.6) is 0 Å². The fraction of sp³-hybridized carbons (Fsp3) is 0.625. The lowest BCUT2D eigenvalue weighted by atomic mass is 9.95. The minimum Gasteiger partial charge on any atom is -0.313 e. The molecular formula is C16H23F2N. The molecule has 0 heterocycles. The predicted octanol–water partition coefficient (Wildman–Crippen LogP) is 4.22. The Kier molecular flexibility index (Phi) is 3.25. The van der Waals surface area contributed by atoms with Gasteiger partial charge in [0, 0.05) is 17.7 Å². The fourth-order valence-electron chi connectivity index (χ4n) is 3.50. The Morgan fingerprint density at radius 2 is 1.58 bits per heavy atom. The van der Waals surface area contributed by atoms with Crippen molar-refractivity contribution in [2.24, 2.45) is 16.7 Å². The molecule has 1 N–H and O–H groups in total. The number of rotatable bonds is 3. The molecule has 0 saturated heterocycles. The minimum atomic E-state index is -0.481. The van der Waals surface area contributed by atoms with Crippen molar-refractivity contribution in [1.82, 2.24) is 5.32 Å². The Labute approximate surface area is 114 Å². The van der Waals surface area contributed by atoms with Crippen molar-refractivity contribution in [3.05, 3.63) is 34.9 Å². The van der Waals surface area contributed by atoms with E-state index in [2.05, 4.69) is 33.0 Å². The van der Waals surface area contributed by atoms with E-state index in [0.29, 0.717) is 17.0 Å². The van der Waals surface area contributed by atoms with Gasteiger partial charge in [-0.2, -0.15) is 0 Å². The first kappa shape index (κ1) is 14.4. The van der Waals surface area contributed by atoms with E-state index in [4.69, 9.17) is 0 Å². The van der Waals surface area contributed by atoms with Gasteiger partial charge in [0.1, 0.15) is 11.6 Å². The first-order valence-corrected chi connectivity index (χ1v) is 6.77. The van der Waals surface area contributed by atoms with Crippen molar-refractivity contribution in [3.8, 4) is 0 Å². The van der Waals surface area contributed by atoms with E-state index < -0.39 is 11.6 Å². The maximum atomic E-state index is 14.1. The summed E-state index contributed by atoms with van der Waals surface area (Å²) in [6, 6.07) is 2.55. The van der Waals surface area contributed by atoms with Crippen LogP contribution in [0.25, 0.3) is 0 Å². The fourth-order valence-corrected chi connectivity index (χ4v) is 3.50. The molecule has 1 aromatic carbocycles. The Hall–Kier alpha value is -0.960. The van der Waals surface area contributed by atoms with Crippen molar-refractivity contribution in [2.75, 3.05) is 7.05 Å². The van der Waals surface area contributed by atoms with Crippen molar-refractivity contribution in [1.29, 1.82) is 0 Å². The van der Waals surface area contributed by atoms with Gasteiger partial charge in [0.2, 0.25) is 0 Å². The van der Waals surface area contributed by atoms with E-state index in [-0.39, 0.29) is 16.9 Å². The Bertz CT molecular complexity index is 492. The van der Waals surface area contributed by atoms with Crippen LogP contribution < -0.4 is 5.32 Å². The van der Waals surface area contributed by atoms with Gasteiger partial charge < -0.3 is 5.32 Å². The molecular weight excluding hydrogens is 244 g/mol. The van der Waals surface area contributed by atoms with Crippen LogP contribution >= 0.6 is 0 Å². The van der Waals surface area contributed by atoms with Crippen molar-refractivity contribution in [3.63, 3.8) is 0 Å². The Morgan fingerprint density at radius 1 is 1.05 bits per heavy atom. The molecule has 1 saturated carbocycles. The van der Waals surface area contributed by atoms with E-state index in [1.807, 2.05) is 7.05 Å². The van der Waals surface area contributed by atoms with Gasteiger partial charge in [-0.3, -0.25) is 0 Å². The molecule has 2 rings (SSSR count). The summed E-state index contributed by atoms with van der Waals surface area (Å²) in [7, 11) is 1.84. The van der Waals surface area contributed by atoms with Crippen LogP contribution in [0.1, 0.15) is 44.9 Å². The standard InChI is InChI=1S/C16H23F2N/c1-9-7-10(12(18)8-11(9)17)13(19-6)14-15(2,3)16(14,4)5/h7-8,13-14,19H,1-6H3. The van der Waals surface area contributed by atoms with Crippen molar-refractivity contribution in [2.45, 2.75) is 40.7 Å². The maximum absolute atomic E-state index is 14.1. The summed E-state index contributed by atoms with van der Waals surface area (Å²) in [4.78, 5) is 0. The van der Waals surface area contributed by atoms with Gasteiger partial charge in [0.25, 0.3) is 0 Å². The molecule has 19 heavy (non-hydrogen) atoms. The minimum absolute atomic E-state index is 0.0794. The van der Waals surface area contributed by atoms with Crippen LogP contribution in [0.15, 0.2) is 12.1 Å². The zero-order valence-electron chi connectivity index (χ0n) is 12.6. The van der Waals surface area contributed by atoms with Gasteiger partial charge in [-0.1, -0.05) is 27.7 Å². The number of nitrogens with one attached hydrogen (secondary N) is 1. The second kappa shape index (κ2) is 4.27. The number of hydrogen-bond donors (Lipinski definition) is 1. The van der Waals surface area contributed by atoms with Crippen LogP contribution in [0, 0.1) is 35.3 Å². The van der Waals surface area contributed by atoms with Gasteiger partial charge >= 0.3 is 0 Å². The molecule has 106 valence electrons. The van der Waals surface area contributed by atoms with Crippen LogP contribution in [0.4, 0.5) is 8.78 Å². The van der Waals surface area contributed by atoms with E-state index >= 15 is 0 Å². The molecule has 1 aromatic rings. The number of halogens is 2.